The van der Waals surface area contributed by atoms with Crippen LogP contribution in [0.2, 0.25) is 5.02 Å². The molecule has 4 aromatic rings. The summed E-state index contributed by atoms with van der Waals surface area (Å²) in [5, 5.41) is 1.33. The molecule has 1 heterocycles. The molecule has 1 amide bonds. The Balaban J connectivity index is 1.65. The Hall–Kier alpha value is -3.13. The highest BCUT2D eigenvalue weighted by molar-refractivity contribution is 7.99. The number of methoxy groups -OCH3 is 1. The van der Waals surface area contributed by atoms with Crippen LogP contribution in [-0.2, 0) is 16.1 Å². The van der Waals surface area contributed by atoms with Crippen molar-refractivity contribution in [2.45, 2.75) is 11.7 Å². The maximum atomic E-state index is 13.4. The largest absolute Gasteiger partial charge is 0.383 e. The number of carbonyl (C=O) groups excluding carboxylic acids is 1. The molecule has 34 heavy (non-hydrogen) atoms. The van der Waals surface area contributed by atoms with Crippen molar-refractivity contribution in [3.63, 3.8) is 0 Å². The second-order valence-electron chi connectivity index (χ2n) is 7.59. The van der Waals surface area contributed by atoms with E-state index in [1.54, 1.807) is 48.4 Å². The van der Waals surface area contributed by atoms with E-state index in [2.05, 4.69) is 0 Å². The number of rotatable bonds is 9. The molecule has 0 fully saturated rings. The molecule has 0 spiro atoms. The zero-order valence-electron chi connectivity index (χ0n) is 18.7. The van der Waals surface area contributed by atoms with Gasteiger partial charge in [-0.15, -0.1) is 0 Å². The summed E-state index contributed by atoms with van der Waals surface area (Å²) in [6.07, 6.45) is 0. The third-order valence-corrected chi connectivity index (χ3v) is 6.54. The van der Waals surface area contributed by atoms with Gasteiger partial charge in [-0.2, -0.15) is 0 Å². The zero-order chi connectivity index (χ0) is 23.9. The SMILES string of the molecule is COCCN(Cc1ccccc1)C(=O)CSc1nc2ccccc2c(=O)n1-c1ccccc1Cl. The number of fused-ring (bicyclic) bond motifs is 1. The fourth-order valence-electron chi connectivity index (χ4n) is 3.57. The third kappa shape index (κ3) is 5.50. The molecule has 3 aromatic carbocycles. The van der Waals surface area contributed by atoms with Gasteiger partial charge in [-0.3, -0.25) is 14.2 Å². The van der Waals surface area contributed by atoms with Crippen LogP contribution < -0.4 is 5.56 Å². The van der Waals surface area contributed by atoms with Crippen LogP contribution in [0.15, 0.2) is 88.8 Å². The number of para-hydroxylation sites is 2. The predicted octanol–water partition coefficient (Wildman–Crippen LogP) is 4.81. The summed E-state index contributed by atoms with van der Waals surface area (Å²) < 4.78 is 6.69. The van der Waals surface area contributed by atoms with Gasteiger partial charge in [0, 0.05) is 20.2 Å². The molecule has 0 aliphatic rings. The number of nitrogens with zero attached hydrogens (tertiary/aromatic N) is 3. The minimum atomic E-state index is -0.228. The molecule has 0 bridgehead atoms. The summed E-state index contributed by atoms with van der Waals surface area (Å²) in [4.78, 5) is 33.1. The maximum absolute atomic E-state index is 13.4. The summed E-state index contributed by atoms with van der Waals surface area (Å²) in [6.45, 7) is 1.38. The topological polar surface area (TPSA) is 64.4 Å². The molecule has 8 heteroatoms. The molecular formula is C26H24ClN3O3S. The van der Waals surface area contributed by atoms with Crippen LogP contribution in [0.1, 0.15) is 5.56 Å². The Labute approximate surface area is 207 Å². The number of benzene rings is 3. The van der Waals surface area contributed by atoms with E-state index in [0.717, 1.165) is 5.56 Å². The van der Waals surface area contributed by atoms with Gasteiger partial charge in [0.1, 0.15) is 0 Å². The molecule has 0 unspecified atom stereocenters. The Morgan fingerprint density at radius 2 is 1.74 bits per heavy atom. The van der Waals surface area contributed by atoms with E-state index in [-0.39, 0.29) is 17.2 Å². The molecule has 0 aliphatic heterocycles. The Kier molecular flexibility index (Phi) is 8.00. The lowest BCUT2D eigenvalue weighted by Crippen LogP contribution is -2.35. The van der Waals surface area contributed by atoms with Gasteiger partial charge in [-0.25, -0.2) is 4.98 Å². The van der Waals surface area contributed by atoms with Crippen molar-refractivity contribution in [2.75, 3.05) is 26.0 Å². The molecule has 4 rings (SSSR count). The first-order valence-electron chi connectivity index (χ1n) is 10.8. The van der Waals surface area contributed by atoms with Gasteiger partial charge in [0.05, 0.1) is 34.0 Å². The molecule has 0 saturated carbocycles. The van der Waals surface area contributed by atoms with Crippen LogP contribution in [-0.4, -0.2) is 46.4 Å². The van der Waals surface area contributed by atoms with Gasteiger partial charge in [-0.05, 0) is 29.8 Å². The van der Waals surface area contributed by atoms with E-state index in [1.165, 1.54) is 16.3 Å². The minimum Gasteiger partial charge on any atom is -0.383 e. The monoisotopic (exact) mass is 493 g/mol. The molecule has 6 nitrogen and oxygen atoms in total. The lowest BCUT2D eigenvalue weighted by Gasteiger charge is -2.23. The average molecular weight is 494 g/mol. The zero-order valence-corrected chi connectivity index (χ0v) is 20.3. The van der Waals surface area contributed by atoms with Crippen molar-refractivity contribution in [3.05, 3.63) is 99.8 Å². The second-order valence-corrected chi connectivity index (χ2v) is 8.94. The third-order valence-electron chi connectivity index (χ3n) is 5.30. The smallest absolute Gasteiger partial charge is 0.266 e. The summed E-state index contributed by atoms with van der Waals surface area (Å²) in [5.74, 6) is 0.0465. The molecule has 0 saturated heterocycles. The number of amides is 1. The number of carbonyl (C=O) groups is 1. The van der Waals surface area contributed by atoms with Gasteiger partial charge >= 0.3 is 0 Å². The van der Waals surface area contributed by atoms with Crippen LogP contribution in [0, 0.1) is 0 Å². The van der Waals surface area contributed by atoms with Gasteiger partial charge in [0.15, 0.2) is 5.16 Å². The normalized spacial score (nSPS) is 11.0. The average Bonchev–Trinajstić information content (AvgIpc) is 2.86. The van der Waals surface area contributed by atoms with Gasteiger partial charge < -0.3 is 9.64 Å². The minimum absolute atomic E-state index is 0.0704. The Morgan fingerprint density at radius 3 is 2.50 bits per heavy atom. The Bertz CT molecular complexity index is 1340. The van der Waals surface area contributed by atoms with Gasteiger partial charge in [0.2, 0.25) is 5.91 Å². The van der Waals surface area contributed by atoms with Crippen molar-refractivity contribution in [2.24, 2.45) is 0 Å². The lowest BCUT2D eigenvalue weighted by molar-refractivity contribution is -0.129. The van der Waals surface area contributed by atoms with Crippen LogP contribution in [0.5, 0.6) is 0 Å². The van der Waals surface area contributed by atoms with Crippen LogP contribution >= 0.6 is 23.4 Å². The van der Waals surface area contributed by atoms with E-state index in [4.69, 9.17) is 21.3 Å². The highest BCUT2D eigenvalue weighted by Crippen LogP contribution is 2.26. The second kappa shape index (κ2) is 11.3. The molecule has 0 N–H and O–H groups in total. The summed E-state index contributed by atoms with van der Waals surface area (Å²) in [6, 6.07) is 24.1. The van der Waals surface area contributed by atoms with Crippen molar-refractivity contribution in [1.82, 2.24) is 14.5 Å². The summed E-state index contributed by atoms with van der Waals surface area (Å²) in [7, 11) is 1.61. The van der Waals surface area contributed by atoms with Crippen molar-refractivity contribution < 1.29 is 9.53 Å². The summed E-state index contributed by atoms with van der Waals surface area (Å²) >= 11 is 7.65. The number of thioether (sulfide) groups is 1. The Morgan fingerprint density at radius 1 is 1.03 bits per heavy atom. The van der Waals surface area contributed by atoms with Crippen LogP contribution in [0.4, 0.5) is 0 Å². The van der Waals surface area contributed by atoms with E-state index >= 15 is 0 Å². The highest BCUT2D eigenvalue weighted by Gasteiger charge is 2.19. The maximum Gasteiger partial charge on any atom is 0.266 e. The fourth-order valence-corrected chi connectivity index (χ4v) is 4.70. The predicted molar refractivity (Wildman–Crippen MR) is 137 cm³/mol. The van der Waals surface area contributed by atoms with E-state index in [1.807, 2.05) is 42.5 Å². The quantitative estimate of drug-likeness (QED) is 0.247. The molecule has 0 atom stereocenters. The lowest BCUT2D eigenvalue weighted by atomic mass is 10.2. The van der Waals surface area contributed by atoms with E-state index in [0.29, 0.717) is 46.5 Å². The molecular weight excluding hydrogens is 470 g/mol. The molecule has 174 valence electrons. The summed E-state index contributed by atoms with van der Waals surface area (Å²) in [5.41, 5.74) is 1.91. The standard InChI is InChI=1S/C26H24ClN3O3S/c1-33-16-15-29(17-19-9-3-2-4-10-19)24(31)18-34-26-28-22-13-7-5-11-20(22)25(32)30(26)23-14-8-6-12-21(23)27/h2-14H,15-18H2,1H3. The first-order chi connectivity index (χ1) is 16.6. The number of ether oxygens (including phenoxy) is 1. The number of hydrogen-bond donors (Lipinski definition) is 0. The number of hydrogen-bond acceptors (Lipinski definition) is 5. The number of aromatic nitrogens is 2. The van der Waals surface area contributed by atoms with Gasteiger partial charge in [0.25, 0.3) is 5.56 Å². The van der Waals surface area contributed by atoms with Crippen LogP contribution in [0.3, 0.4) is 0 Å². The first-order valence-corrected chi connectivity index (χ1v) is 12.1. The van der Waals surface area contributed by atoms with Crippen LogP contribution in [0.25, 0.3) is 16.6 Å². The fraction of sp³-hybridized carbons (Fsp3) is 0.192. The molecule has 0 radical (unpaired) electrons. The first kappa shape index (κ1) is 24.0. The van der Waals surface area contributed by atoms with E-state index in [9.17, 15) is 9.59 Å². The number of halogens is 1. The van der Waals surface area contributed by atoms with E-state index < -0.39 is 0 Å². The van der Waals surface area contributed by atoms with Crippen molar-refractivity contribution in [1.29, 1.82) is 0 Å². The van der Waals surface area contributed by atoms with Crippen molar-refractivity contribution >= 4 is 40.2 Å². The molecule has 0 aliphatic carbocycles. The highest BCUT2D eigenvalue weighted by atomic mass is 35.5. The molecule has 1 aromatic heterocycles. The van der Waals surface area contributed by atoms with Crippen molar-refractivity contribution in [3.8, 4) is 5.69 Å². The van der Waals surface area contributed by atoms with Gasteiger partial charge in [-0.1, -0.05) is 78.0 Å².